The van der Waals surface area contributed by atoms with Gasteiger partial charge in [-0.25, -0.2) is 4.98 Å². The molecule has 2 aromatic heterocycles. The van der Waals surface area contributed by atoms with Gasteiger partial charge in [-0.05, 0) is 0 Å². The number of anilines is 1. The maximum atomic E-state index is 10.9. The second-order valence-electron chi connectivity index (χ2n) is 3.04. The minimum Gasteiger partial charge on any atom is -0.476 e. The van der Waals surface area contributed by atoms with E-state index in [-0.39, 0.29) is 23.9 Å². The first-order chi connectivity index (χ1) is 8.72. The van der Waals surface area contributed by atoms with Crippen molar-refractivity contribution in [1.29, 1.82) is 0 Å². The van der Waals surface area contributed by atoms with Crippen molar-refractivity contribution >= 4 is 11.5 Å². The molecule has 0 aliphatic heterocycles. The summed E-state index contributed by atoms with van der Waals surface area (Å²) in [6.07, 6.45) is 2.32. The van der Waals surface area contributed by atoms with E-state index in [0.717, 1.165) is 12.7 Å². The van der Waals surface area contributed by atoms with Crippen molar-refractivity contribution in [3.63, 3.8) is 0 Å². The third kappa shape index (κ3) is 2.31. The largest absolute Gasteiger partial charge is 0.476 e. The fraction of sp³-hybridized carbons (Fsp3) is 0.250. The fourth-order valence-electron chi connectivity index (χ4n) is 1.24. The van der Waals surface area contributed by atoms with Gasteiger partial charge in [-0.2, -0.15) is 9.97 Å². The van der Waals surface area contributed by atoms with Gasteiger partial charge >= 0.3 is 5.69 Å². The van der Waals surface area contributed by atoms with Crippen LogP contribution in [-0.4, -0.2) is 32.1 Å². The summed E-state index contributed by atoms with van der Waals surface area (Å²) < 4.78 is 9.33. The van der Waals surface area contributed by atoms with Gasteiger partial charge < -0.3 is 14.6 Å². The van der Waals surface area contributed by atoms with E-state index in [1.54, 1.807) is 0 Å². The summed E-state index contributed by atoms with van der Waals surface area (Å²) in [4.78, 5) is 21.5. The van der Waals surface area contributed by atoms with Crippen molar-refractivity contribution in [2.45, 2.75) is 6.54 Å². The zero-order valence-electron chi connectivity index (χ0n) is 9.23. The molecule has 0 spiro atoms. The van der Waals surface area contributed by atoms with E-state index in [4.69, 9.17) is 4.74 Å². The minimum atomic E-state index is -0.628. The molecule has 10 heteroatoms. The zero-order valence-corrected chi connectivity index (χ0v) is 9.23. The molecule has 0 bridgehead atoms. The lowest BCUT2D eigenvalue weighted by Crippen LogP contribution is -2.07. The van der Waals surface area contributed by atoms with Crippen LogP contribution >= 0.6 is 0 Å². The number of nitro groups is 1. The van der Waals surface area contributed by atoms with Crippen LogP contribution in [-0.2, 0) is 6.54 Å². The molecule has 0 saturated heterocycles. The fourth-order valence-corrected chi connectivity index (χ4v) is 1.24. The van der Waals surface area contributed by atoms with E-state index < -0.39 is 4.92 Å². The van der Waals surface area contributed by atoms with Crippen LogP contribution in [0.2, 0.25) is 0 Å². The highest BCUT2D eigenvalue weighted by Crippen LogP contribution is 2.30. The average molecular weight is 252 g/mol. The lowest BCUT2D eigenvalue weighted by Gasteiger charge is -2.05. The van der Waals surface area contributed by atoms with Gasteiger partial charge in [0.25, 0.3) is 5.88 Å². The van der Waals surface area contributed by atoms with Gasteiger partial charge in [-0.3, -0.25) is 10.1 Å². The number of nitrogens with zero attached hydrogens (tertiary/aromatic N) is 5. The molecule has 0 atom stereocenters. The molecule has 0 fully saturated rings. The van der Waals surface area contributed by atoms with Crippen molar-refractivity contribution in [3.05, 3.63) is 28.7 Å². The van der Waals surface area contributed by atoms with Gasteiger partial charge in [0.05, 0.1) is 18.6 Å². The zero-order chi connectivity index (χ0) is 13.0. The molecule has 0 radical (unpaired) electrons. The number of nitrogens with one attached hydrogen (secondary N) is 1. The van der Waals surface area contributed by atoms with Crippen LogP contribution in [0.25, 0.3) is 0 Å². The van der Waals surface area contributed by atoms with Crippen molar-refractivity contribution in [3.8, 4) is 5.88 Å². The van der Waals surface area contributed by atoms with E-state index in [2.05, 4.69) is 29.9 Å². The predicted molar refractivity (Wildman–Crippen MR) is 56.9 cm³/mol. The molecule has 2 heterocycles. The third-order valence-electron chi connectivity index (χ3n) is 1.99. The van der Waals surface area contributed by atoms with Gasteiger partial charge in [-0.15, -0.1) is 0 Å². The molecule has 0 saturated carbocycles. The molecular weight excluding hydrogens is 244 g/mol. The van der Waals surface area contributed by atoms with E-state index in [1.165, 1.54) is 7.11 Å². The topological polar surface area (TPSA) is 129 Å². The van der Waals surface area contributed by atoms with E-state index >= 15 is 0 Å². The van der Waals surface area contributed by atoms with Crippen LogP contribution in [0.1, 0.15) is 5.82 Å². The summed E-state index contributed by atoms with van der Waals surface area (Å²) in [5, 5.41) is 17.2. The minimum absolute atomic E-state index is 0.0247. The second-order valence-corrected chi connectivity index (χ2v) is 3.04. The Bertz CT molecular complexity index is 543. The van der Waals surface area contributed by atoms with Crippen LogP contribution in [0.4, 0.5) is 11.5 Å². The number of hydrogen-bond acceptors (Lipinski definition) is 9. The number of methoxy groups -OCH3 is 1. The Morgan fingerprint density at radius 3 is 2.94 bits per heavy atom. The molecule has 0 unspecified atom stereocenters. The summed E-state index contributed by atoms with van der Waals surface area (Å²) in [7, 11) is 1.29. The molecule has 18 heavy (non-hydrogen) atoms. The lowest BCUT2D eigenvalue weighted by molar-refractivity contribution is -0.385. The van der Waals surface area contributed by atoms with E-state index in [9.17, 15) is 10.1 Å². The summed E-state index contributed by atoms with van der Waals surface area (Å²) in [6.45, 7) is 0.136. The maximum absolute atomic E-state index is 10.9. The molecule has 94 valence electrons. The Balaban J connectivity index is 2.24. The molecule has 0 aliphatic carbocycles. The quantitative estimate of drug-likeness (QED) is 0.593. The van der Waals surface area contributed by atoms with Crippen molar-refractivity contribution in [2.24, 2.45) is 0 Å². The molecule has 0 amide bonds. The summed E-state index contributed by atoms with van der Waals surface area (Å²) in [5.74, 6) is 0.254. The molecule has 0 aliphatic rings. The second kappa shape index (κ2) is 5.03. The Hall–Kier alpha value is -2.78. The smallest absolute Gasteiger partial charge is 0.372 e. The molecular formula is C8H8N6O4. The molecule has 10 nitrogen and oxygen atoms in total. The maximum Gasteiger partial charge on any atom is 0.372 e. The first kappa shape index (κ1) is 11.7. The van der Waals surface area contributed by atoms with Gasteiger partial charge in [0.1, 0.15) is 6.33 Å². The summed E-state index contributed by atoms with van der Waals surface area (Å²) in [5.41, 5.74) is -0.344. The van der Waals surface area contributed by atoms with E-state index in [1.807, 2.05) is 0 Å². The van der Waals surface area contributed by atoms with Crippen LogP contribution in [0.3, 0.4) is 0 Å². The summed E-state index contributed by atoms with van der Waals surface area (Å²) >= 11 is 0. The number of ether oxygens (including phenoxy) is 1. The molecule has 2 rings (SSSR count). The number of hydrogen-bond donors (Lipinski definition) is 1. The van der Waals surface area contributed by atoms with Gasteiger partial charge in [0.15, 0.2) is 5.82 Å². The van der Waals surface area contributed by atoms with Gasteiger partial charge in [0, 0.05) is 0 Å². The Labute approximate surface area is 100 Å². The van der Waals surface area contributed by atoms with Crippen LogP contribution in [0.15, 0.2) is 17.2 Å². The highest BCUT2D eigenvalue weighted by molar-refractivity contribution is 5.60. The van der Waals surface area contributed by atoms with Crippen LogP contribution in [0.5, 0.6) is 5.88 Å². The number of rotatable bonds is 5. The number of aromatic nitrogens is 4. The first-order valence-corrected chi connectivity index (χ1v) is 4.75. The lowest BCUT2D eigenvalue weighted by atomic mass is 10.4. The monoisotopic (exact) mass is 252 g/mol. The standard InChI is InChI=1S/C8H8N6O4/c1-17-8-6(14(15)16)7(10-3-11-8)9-2-5-12-4-18-13-5/h3-4H,2H2,1H3,(H,9,10,11). The summed E-state index contributed by atoms with van der Waals surface area (Å²) in [6, 6.07) is 0. The Kier molecular flexibility index (Phi) is 3.27. The first-order valence-electron chi connectivity index (χ1n) is 4.75. The van der Waals surface area contributed by atoms with Gasteiger partial charge in [-0.1, -0.05) is 5.16 Å². The highest BCUT2D eigenvalue weighted by Gasteiger charge is 2.23. The SMILES string of the molecule is COc1ncnc(NCc2ncon2)c1[N+](=O)[O-]. The van der Waals surface area contributed by atoms with E-state index in [0.29, 0.717) is 5.82 Å². The van der Waals surface area contributed by atoms with Crippen molar-refractivity contribution in [1.82, 2.24) is 20.1 Å². The normalized spacial score (nSPS) is 10.1. The molecule has 2 aromatic rings. The van der Waals surface area contributed by atoms with Crippen LogP contribution < -0.4 is 10.1 Å². The Morgan fingerprint density at radius 1 is 1.50 bits per heavy atom. The van der Waals surface area contributed by atoms with Crippen LogP contribution in [0, 0.1) is 10.1 Å². The third-order valence-corrected chi connectivity index (χ3v) is 1.99. The Morgan fingerprint density at radius 2 is 2.33 bits per heavy atom. The average Bonchev–Trinajstić information content (AvgIpc) is 2.88. The van der Waals surface area contributed by atoms with Gasteiger partial charge in [0.2, 0.25) is 12.2 Å². The predicted octanol–water partition coefficient (Wildman–Crippen LogP) is 0.388. The highest BCUT2D eigenvalue weighted by atomic mass is 16.6. The molecule has 1 N–H and O–H groups in total. The van der Waals surface area contributed by atoms with Crippen molar-refractivity contribution < 1.29 is 14.2 Å². The van der Waals surface area contributed by atoms with Crippen molar-refractivity contribution in [2.75, 3.05) is 12.4 Å². The molecule has 0 aromatic carbocycles.